The number of hydrogen-bond acceptors (Lipinski definition) is 3. The zero-order valence-electron chi connectivity index (χ0n) is 16.1. The minimum absolute atomic E-state index is 0.139. The monoisotopic (exact) mass is 386 g/mol. The molecule has 2 aromatic carbocycles. The number of sulfonamides is 1. The number of hydrogen-bond donors (Lipinski definition) is 1. The minimum atomic E-state index is -3.69. The molecule has 0 heterocycles. The fourth-order valence-electron chi connectivity index (χ4n) is 2.56. The lowest BCUT2D eigenvalue weighted by molar-refractivity contribution is -0.116. The van der Waals surface area contributed by atoms with Gasteiger partial charge in [0.05, 0.1) is 6.54 Å². The third kappa shape index (κ3) is 6.05. The summed E-state index contributed by atoms with van der Waals surface area (Å²) in [5.41, 5.74) is 2.33. The van der Waals surface area contributed by atoms with E-state index in [1.807, 2.05) is 54.6 Å². The van der Waals surface area contributed by atoms with Crippen molar-refractivity contribution in [2.24, 2.45) is 0 Å². The van der Waals surface area contributed by atoms with Crippen molar-refractivity contribution in [2.75, 3.05) is 18.9 Å². The predicted molar refractivity (Wildman–Crippen MR) is 111 cm³/mol. The quantitative estimate of drug-likeness (QED) is 0.820. The van der Waals surface area contributed by atoms with Gasteiger partial charge in [-0.05, 0) is 28.7 Å². The van der Waals surface area contributed by atoms with Gasteiger partial charge in [0.15, 0.2) is 0 Å². The molecule has 144 valence electrons. The predicted octanol–water partition coefficient (Wildman–Crippen LogP) is 3.86. The van der Waals surface area contributed by atoms with Crippen LogP contribution in [0.4, 0.5) is 5.69 Å². The van der Waals surface area contributed by atoms with Crippen LogP contribution < -0.4 is 5.32 Å². The highest BCUT2D eigenvalue weighted by atomic mass is 32.2. The third-order valence-corrected chi connectivity index (χ3v) is 5.52. The molecule has 0 spiro atoms. The minimum Gasteiger partial charge on any atom is -0.325 e. The Morgan fingerprint density at radius 1 is 1.04 bits per heavy atom. The van der Waals surface area contributed by atoms with Crippen molar-refractivity contribution in [3.8, 4) is 0 Å². The number of rotatable bonds is 6. The van der Waals surface area contributed by atoms with Crippen molar-refractivity contribution in [3.63, 3.8) is 0 Å². The van der Waals surface area contributed by atoms with Gasteiger partial charge in [-0.3, -0.25) is 4.79 Å². The Balaban J connectivity index is 2.06. The number of anilines is 1. The summed E-state index contributed by atoms with van der Waals surface area (Å²) >= 11 is 0. The average Bonchev–Trinajstić information content (AvgIpc) is 2.60. The first-order valence-corrected chi connectivity index (χ1v) is 10.2. The Morgan fingerprint density at radius 3 is 2.26 bits per heavy atom. The van der Waals surface area contributed by atoms with Crippen LogP contribution in [0.3, 0.4) is 0 Å². The summed E-state index contributed by atoms with van der Waals surface area (Å²) in [4.78, 5) is 12.4. The largest absolute Gasteiger partial charge is 0.325 e. The molecule has 1 amide bonds. The Labute approximate surface area is 161 Å². The van der Waals surface area contributed by atoms with Crippen LogP contribution in [-0.2, 0) is 20.2 Å². The molecule has 0 bridgehead atoms. The summed E-state index contributed by atoms with van der Waals surface area (Å²) in [6.07, 6.45) is 1.51. The zero-order valence-corrected chi connectivity index (χ0v) is 17.0. The Kier molecular flexibility index (Phi) is 6.57. The normalized spacial score (nSPS) is 12.5. The number of para-hydroxylation sites is 1. The third-order valence-electron chi connectivity index (χ3n) is 4.04. The second kappa shape index (κ2) is 8.50. The van der Waals surface area contributed by atoms with E-state index in [0.29, 0.717) is 5.69 Å². The molecule has 0 saturated heterocycles. The summed E-state index contributed by atoms with van der Waals surface area (Å²) in [7, 11) is -2.30. The molecule has 0 radical (unpaired) electrons. The van der Waals surface area contributed by atoms with E-state index in [0.717, 1.165) is 20.8 Å². The molecular weight excluding hydrogens is 360 g/mol. The maximum Gasteiger partial charge on any atom is 0.239 e. The second-order valence-electron chi connectivity index (χ2n) is 7.36. The van der Waals surface area contributed by atoms with Crippen LogP contribution in [-0.4, -0.2) is 32.2 Å². The lowest BCUT2D eigenvalue weighted by Gasteiger charge is -2.23. The van der Waals surface area contributed by atoms with Gasteiger partial charge in [-0.25, -0.2) is 8.42 Å². The summed E-state index contributed by atoms with van der Waals surface area (Å²) in [6.45, 7) is 5.91. The first-order chi connectivity index (χ1) is 12.6. The molecule has 0 aliphatic rings. The van der Waals surface area contributed by atoms with Gasteiger partial charge in [-0.15, -0.1) is 0 Å². The molecular formula is C21H26N2O3S. The average molecular weight is 387 g/mol. The lowest BCUT2D eigenvalue weighted by atomic mass is 9.86. The highest BCUT2D eigenvalue weighted by Gasteiger charge is 2.21. The van der Waals surface area contributed by atoms with Crippen LogP contribution in [0.25, 0.3) is 6.08 Å². The van der Waals surface area contributed by atoms with E-state index < -0.39 is 10.0 Å². The molecule has 0 aliphatic heterocycles. The highest BCUT2D eigenvalue weighted by Crippen LogP contribution is 2.29. The van der Waals surface area contributed by atoms with E-state index >= 15 is 0 Å². The summed E-state index contributed by atoms with van der Waals surface area (Å²) in [6, 6.07) is 16.7. The molecule has 0 aromatic heterocycles. The van der Waals surface area contributed by atoms with Crippen molar-refractivity contribution in [1.29, 1.82) is 0 Å². The summed E-state index contributed by atoms with van der Waals surface area (Å²) in [5.74, 6) is -0.383. The van der Waals surface area contributed by atoms with Gasteiger partial charge < -0.3 is 5.32 Å². The second-order valence-corrected chi connectivity index (χ2v) is 9.28. The summed E-state index contributed by atoms with van der Waals surface area (Å²) < 4.78 is 25.8. The standard InChI is InChI=1S/C21H26N2O3S/c1-21(2,3)18-12-8-9-13-19(18)22-20(24)16-23(4)27(25,26)15-14-17-10-6-5-7-11-17/h5-15H,16H2,1-4H3,(H,22,24). The molecule has 1 N–H and O–H groups in total. The lowest BCUT2D eigenvalue weighted by Crippen LogP contribution is -2.34. The number of carbonyl (C=O) groups excluding carboxylic acids is 1. The van der Waals surface area contributed by atoms with Gasteiger partial charge in [0.25, 0.3) is 0 Å². The smallest absolute Gasteiger partial charge is 0.239 e. The molecule has 0 fully saturated rings. The van der Waals surface area contributed by atoms with Crippen LogP contribution in [0.1, 0.15) is 31.9 Å². The van der Waals surface area contributed by atoms with Gasteiger partial charge in [0, 0.05) is 18.1 Å². The van der Waals surface area contributed by atoms with Crippen LogP contribution in [0.2, 0.25) is 0 Å². The maximum atomic E-state index is 12.4. The number of nitrogens with one attached hydrogen (secondary N) is 1. The molecule has 2 aromatic rings. The number of likely N-dealkylation sites (N-methyl/N-ethyl adjacent to an activating group) is 1. The topological polar surface area (TPSA) is 66.5 Å². The van der Waals surface area contributed by atoms with Gasteiger partial charge in [0.2, 0.25) is 15.9 Å². The maximum absolute atomic E-state index is 12.4. The van der Waals surface area contributed by atoms with Crippen molar-refractivity contribution in [2.45, 2.75) is 26.2 Å². The first-order valence-electron chi connectivity index (χ1n) is 8.68. The fraction of sp³-hybridized carbons (Fsp3) is 0.286. The van der Waals surface area contributed by atoms with Crippen molar-refractivity contribution in [1.82, 2.24) is 4.31 Å². The van der Waals surface area contributed by atoms with Crippen LogP contribution in [0.15, 0.2) is 60.0 Å². The van der Waals surface area contributed by atoms with Crippen molar-refractivity contribution in [3.05, 3.63) is 71.1 Å². The van der Waals surface area contributed by atoms with Crippen molar-refractivity contribution < 1.29 is 13.2 Å². The number of nitrogens with zero attached hydrogens (tertiary/aromatic N) is 1. The number of amides is 1. The first kappa shape index (κ1) is 20.9. The van der Waals surface area contributed by atoms with E-state index in [2.05, 4.69) is 26.1 Å². The van der Waals surface area contributed by atoms with Crippen LogP contribution >= 0.6 is 0 Å². The van der Waals surface area contributed by atoms with Gasteiger partial charge in [-0.1, -0.05) is 69.3 Å². The molecule has 0 aliphatic carbocycles. The molecule has 0 unspecified atom stereocenters. The fourth-order valence-corrected chi connectivity index (χ4v) is 3.39. The molecule has 5 nitrogen and oxygen atoms in total. The number of carbonyl (C=O) groups is 1. The molecule has 0 atom stereocenters. The highest BCUT2D eigenvalue weighted by molar-refractivity contribution is 7.92. The van der Waals surface area contributed by atoms with E-state index in [9.17, 15) is 13.2 Å². The van der Waals surface area contributed by atoms with E-state index in [-0.39, 0.29) is 17.9 Å². The molecule has 0 saturated carbocycles. The van der Waals surface area contributed by atoms with E-state index in [1.54, 1.807) is 0 Å². The summed E-state index contributed by atoms with van der Waals surface area (Å²) in [5, 5.41) is 3.93. The van der Waals surface area contributed by atoms with Crippen LogP contribution in [0, 0.1) is 0 Å². The van der Waals surface area contributed by atoms with E-state index in [4.69, 9.17) is 0 Å². The van der Waals surface area contributed by atoms with Gasteiger partial charge in [0.1, 0.15) is 0 Å². The van der Waals surface area contributed by atoms with Gasteiger partial charge >= 0.3 is 0 Å². The Morgan fingerprint density at radius 2 is 1.63 bits per heavy atom. The van der Waals surface area contributed by atoms with Gasteiger partial charge in [-0.2, -0.15) is 4.31 Å². The van der Waals surface area contributed by atoms with Crippen LogP contribution in [0.5, 0.6) is 0 Å². The van der Waals surface area contributed by atoms with Crippen molar-refractivity contribution >= 4 is 27.7 Å². The molecule has 6 heteroatoms. The Hall–Kier alpha value is -2.44. The number of benzene rings is 2. The Bertz CT molecular complexity index is 914. The van der Waals surface area contributed by atoms with E-state index in [1.165, 1.54) is 13.1 Å². The SMILES string of the molecule is CN(CC(=O)Nc1ccccc1C(C)(C)C)S(=O)(=O)C=Cc1ccccc1. The zero-order chi connectivity index (χ0) is 20.1. The molecule has 2 rings (SSSR count). The molecule has 27 heavy (non-hydrogen) atoms.